The van der Waals surface area contributed by atoms with Crippen molar-refractivity contribution in [2.24, 2.45) is 5.92 Å². The first-order valence-corrected chi connectivity index (χ1v) is 6.16. The molecule has 3 nitrogen and oxygen atoms in total. The molecule has 2 unspecified atom stereocenters. The van der Waals surface area contributed by atoms with Gasteiger partial charge in [0, 0.05) is 6.04 Å². The number of rotatable bonds is 4. The van der Waals surface area contributed by atoms with E-state index in [1.165, 1.54) is 5.56 Å². The molecule has 3 heteroatoms. The summed E-state index contributed by atoms with van der Waals surface area (Å²) < 4.78 is 0. The van der Waals surface area contributed by atoms with Crippen LogP contribution in [0.1, 0.15) is 18.9 Å². The van der Waals surface area contributed by atoms with Gasteiger partial charge in [-0.2, -0.15) is 0 Å². The number of hydrogen-bond donors (Lipinski definition) is 1. The standard InChI is InChI=1S/C14H19NO2/c1-11-13(7-8-15(11)10-14(16)17)9-12-5-3-2-4-6-12/h2-6,11,13H,7-10H2,1H3,(H,16,17). The molecule has 2 atom stereocenters. The van der Waals surface area contributed by atoms with Crippen LogP contribution in [0.2, 0.25) is 0 Å². The number of hydrogen-bond acceptors (Lipinski definition) is 2. The van der Waals surface area contributed by atoms with Crippen LogP contribution in [0.25, 0.3) is 0 Å². The smallest absolute Gasteiger partial charge is 0.317 e. The van der Waals surface area contributed by atoms with Crippen LogP contribution < -0.4 is 0 Å². The Hall–Kier alpha value is -1.35. The average molecular weight is 233 g/mol. The Labute approximate surface area is 102 Å². The van der Waals surface area contributed by atoms with Crippen LogP contribution in [0.5, 0.6) is 0 Å². The highest BCUT2D eigenvalue weighted by Gasteiger charge is 2.31. The van der Waals surface area contributed by atoms with Crippen LogP contribution in [-0.2, 0) is 11.2 Å². The summed E-state index contributed by atoms with van der Waals surface area (Å²) >= 11 is 0. The Morgan fingerprint density at radius 2 is 2.12 bits per heavy atom. The van der Waals surface area contributed by atoms with Gasteiger partial charge < -0.3 is 5.11 Å². The second-order valence-electron chi connectivity index (χ2n) is 4.84. The zero-order valence-corrected chi connectivity index (χ0v) is 10.2. The maximum atomic E-state index is 10.7. The molecule has 17 heavy (non-hydrogen) atoms. The molecule has 1 aromatic rings. The Kier molecular flexibility index (Phi) is 3.79. The van der Waals surface area contributed by atoms with Gasteiger partial charge in [-0.15, -0.1) is 0 Å². The molecule has 1 aliphatic heterocycles. The predicted octanol–water partition coefficient (Wildman–Crippen LogP) is 2.02. The van der Waals surface area contributed by atoms with Crippen molar-refractivity contribution in [3.05, 3.63) is 35.9 Å². The van der Waals surface area contributed by atoms with E-state index in [2.05, 4.69) is 36.1 Å². The molecule has 0 bridgehead atoms. The van der Waals surface area contributed by atoms with E-state index in [9.17, 15) is 4.79 Å². The van der Waals surface area contributed by atoms with Crippen LogP contribution in [0.15, 0.2) is 30.3 Å². The summed E-state index contributed by atoms with van der Waals surface area (Å²) in [5.41, 5.74) is 1.35. The lowest BCUT2D eigenvalue weighted by Crippen LogP contribution is -2.35. The average Bonchev–Trinajstić information content (AvgIpc) is 2.62. The third-order valence-electron chi connectivity index (χ3n) is 3.72. The van der Waals surface area contributed by atoms with Crippen molar-refractivity contribution in [2.75, 3.05) is 13.1 Å². The van der Waals surface area contributed by atoms with Gasteiger partial charge in [-0.1, -0.05) is 30.3 Å². The molecule has 1 aliphatic rings. The summed E-state index contributed by atoms with van der Waals surface area (Å²) in [5, 5.41) is 8.83. The van der Waals surface area contributed by atoms with Crippen molar-refractivity contribution in [3.8, 4) is 0 Å². The highest BCUT2D eigenvalue weighted by molar-refractivity contribution is 5.69. The zero-order valence-electron chi connectivity index (χ0n) is 10.2. The molecule has 92 valence electrons. The number of carbonyl (C=O) groups is 1. The Morgan fingerprint density at radius 3 is 2.76 bits per heavy atom. The monoisotopic (exact) mass is 233 g/mol. The quantitative estimate of drug-likeness (QED) is 0.865. The lowest BCUT2D eigenvalue weighted by molar-refractivity contribution is -0.138. The molecular weight excluding hydrogens is 214 g/mol. The van der Waals surface area contributed by atoms with E-state index in [0.717, 1.165) is 19.4 Å². The van der Waals surface area contributed by atoms with Crippen LogP contribution in [-0.4, -0.2) is 35.1 Å². The minimum Gasteiger partial charge on any atom is -0.480 e. The third kappa shape index (κ3) is 3.07. The van der Waals surface area contributed by atoms with Gasteiger partial charge in [-0.25, -0.2) is 0 Å². The first-order chi connectivity index (χ1) is 8.16. The highest BCUT2D eigenvalue weighted by atomic mass is 16.4. The molecular formula is C14H19NO2. The van der Waals surface area contributed by atoms with Crippen molar-refractivity contribution in [1.82, 2.24) is 4.90 Å². The summed E-state index contributed by atoms with van der Waals surface area (Å²) in [6.07, 6.45) is 2.15. The highest BCUT2D eigenvalue weighted by Crippen LogP contribution is 2.26. The van der Waals surface area contributed by atoms with Crippen LogP contribution in [0.4, 0.5) is 0 Å². The molecule has 0 radical (unpaired) electrons. The fourth-order valence-electron chi connectivity index (χ4n) is 2.66. The van der Waals surface area contributed by atoms with E-state index in [1.54, 1.807) is 0 Å². The lowest BCUT2D eigenvalue weighted by atomic mass is 9.93. The van der Waals surface area contributed by atoms with E-state index < -0.39 is 5.97 Å². The topological polar surface area (TPSA) is 40.5 Å². The molecule has 1 heterocycles. The van der Waals surface area contributed by atoms with Gasteiger partial charge in [-0.3, -0.25) is 9.69 Å². The Balaban J connectivity index is 1.94. The van der Waals surface area contributed by atoms with Gasteiger partial charge in [0.2, 0.25) is 0 Å². The maximum absolute atomic E-state index is 10.7. The number of aliphatic carboxylic acids is 1. The molecule has 1 fully saturated rings. The first kappa shape index (κ1) is 12.1. The normalized spacial score (nSPS) is 25.0. The largest absolute Gasteiger partial charge is 0.480 e. The van der Waals surface area contributed by atoms with Crippen LogP contribution in [0.3, 0.4) is 0 Å². The van der Waals surface area contributed by atoms with E-state index in [0.29, 0.717) is 12.0 Å². The number of likely N-dealkylation sites (tertiary alicyclic amines) is 1. The van der Waals surface area contributed by atoms with E-state index in [1.807, 2.05) is 6.07 Å². The van der Waals surface area contributed by atoms with Gasteiger partial charge in [0.05, 0.1) is 6.54 Å². The molecule has 0 amide bonds. The second kappa shape index (κ2) is 5.32. The van der Waals surface area contributed by atoms with Crippen molar-refractivity contribution in [3.63, 3.8) is 0 Å². The molecule has 2 rings (SSSR count). The fourth-order valence-corrected chi connectivity index (χ4v) is 2.66. The molecule has 0 spiro atoms. The van der Waals surface area contributed by atoms with E-state index in [4.69, 9.17) is 5.11 Å². The van der Waals surface area contributed by atoms with E-state index >= 15 is 0 Å². The maximum Gasteiger partial charge on any atom is 0.317 e. The summed E-state index contributed by atoms with van der Waals surface area (Å²) in [6, 6.07) is 10.8. The zero-order chi connectivity index (χ0) is 12.3. The van der Waals surface area contributed by atoms with Crippen molar-refractivity contribution >= 4 is 5.97 Å². The van der Waals surface area contributed by atoms with E-state index in [-0.39, 0.29) is 6.54 Å². The third-order valence-corrected chi connectivity index (χ3v) is 3.72. The molecule has 0 saturated carbocycles. The summed E-state index contributed by atoms with van der Waals surface area (Å²) in [4.78, 5) is 12.8. The van der Waals surface area contributed by atoms with Gasteiger partial charge in [0.25, 0.3) is 0 Å². The minimum absolute atomic E-state index is 0.173. The number of carboxylic acid groups (broad SMARTS) is 1. The Morgan fingerprint density at radius 1 is 1.41 bits per heavy atom. The molecule has 0 aromatic heterocycles. The lowest BCUT2D eigenvalue weighted by Gasteiger charge is -2.22. The van der Waals surface area contributed by atoms with Crippen LogP contribution in [0, 0.1) is 5.92 Å². The number of nitrogens with zero attached hydrogens (tertiary/aromatic N) is 1. The van der Waals surface area contributed by atoms with Crippen molar-refractivity contribution < 1.29 is 9.90 Å². The second-order valence-corrected chi connectivity index (χ2v) is 4.84. The van der Waals surface area contributed by atoms with Crippen LogP contribution >= 0.6 is 0 Å². The number of benzene rings is 1. The summed E-state index contributed by atoms with van der Waals surface area (Å²) in [7, 11) is 0. The fraction of sp³-hybridized carbons (Fsp3) is 0.500. The molecule has 1 saturated heterocycles. The predicted molar refractivity (Wildman–Crippen MR) is 66.9 cm³/mol. The first-order valence-electron chi connectivity index (χ1n) is 6.16. The van der Waals surface area contributed by atoms with Gasteiger partial charge in [0.15, 0.2) is 0 Å². The van der Waals surface area contributed by atoms with Crippen molar-refractivity contribution in [1.29, 1.82) is 0 Å². The number of carboxylic acids is 1. The molecule has 1 N–H and O–H groups in total. The van der Waals surface area contributed by atoms with Gasteiger partial charge in [-0.05, 0) is 37.8 Å². The van der Waals surface area contributed by atoms with Gasteiger partial charge in [0.1, 0.15) is 0 Å². The summed E-state index contributed by atoms with van der Waals surface area (Å²) in [6.45, 7) is 3.22. The molecule has 1 aromatic carbocycles. The van der Waals surface area contributed by atoms with Crippen molar-refractivity contribution in [2.45, 2.75) is 25.8 Å². The summed E-state index contributed by atoms with van der Waals surface area (Å²) in [5.74, 6) is -0.144. The van der Waals surface area contributed by atoms with Gasteiger partial charge >= 0.3 is 5.97 Å². The minimum atomic E-state index is -0.725. The Bertz CT molecular complexity index is 377. The molecule has 0 aliphatic carbocycles. The SMILES string of the molecule is CC1C(Cc2ccccc2)CCN1CC(=O)O.